The highest BCUT2D eigenvalue weighted by atomic mass is 32.1. The van der Waals surface area contributed by atoms with Gasteiger partial charge in [-0.15, -0.1) is 11.3 Å². The van der Waals surface area contributed by atoms with Gasteiger partial charge < -0.3 is 9.64 Å². The second kappa shape index (κ2) is 7.97. The molecule has 2 aliphatic rings. The highest BCUT2D eigenvalue weighted by molar-refractivity contribution is 7.18. The van der Waals surface area contributed by atoms with Gasteiger partial charge in [0.05, 0.1) is 20.9 Å². The summed E-state index contributed by atoms with van der Waals surface area (Å²) in [6, 6.07) is 7.08. The predicted octanol–water partition coefficient (Wildman–Crippen LogP) is 5.72. The summed E-state index contributed by atoms with van der Waals surface area (Å²) in [7, 11) is 4.31. The van der Waals surface area contributed by atoms with Crippen LogP contribution in [0.2, 0.25) is 0 Å². The molecule has 162 valence electrons. The fraction of sp³-hybridized carbons (Fsp3) is 0.583. The average Bonchev–Trinajstić information content (AvgIpc) is 3.01. The Morgan fingerprint density at radius 2 is 2.00 bits per heavy atom. The summed E-state index contributed by atoms with van der Waals surface area (Å²) in [5.41, 5.74) is 2.50. The van der Waals surface area contributed by atoms with Gasteiger partial charge in [0, 0.05) is 24.1 Å². The fourth-order valence-electron chi connectivity index (χ4n) is 4.16. The molecule has 0 radical (unpaired) electrons. The van der Waals surface area contributed by atoms with Gasteiger partial charge in [-0.25, -0.2) is 9.78 Å². The molecule has 1 saturated carbocycles. The summed E-state index contributed by atoms with van der Waals surface area (Å²) in [5, 5.41) is 1.25. The van der Waals surface area contributed by atoms with E-state index in [0.29, 0.717) is 24.4 Å². The minimum atomic E-state index is -0.510. The Bertz CT molecular complexity index is 966. The molecule has 0 spiro atoms. The van der Waals surface area contributed by atoms with Crippen LogP contribution in [0.3, 0.4) is 0 Å². The SMILES string of the molecule is C[C@H]1CC=C(c2ccc3sc(C4CC(N(C)C)C4)nc3c2)N(C(=O)OC(C)(C)C)C1. The maximum Gasteiger partial charge on any atom is 0.414 e. The van der Waals surface area contributed by atoms with Gasteiger partial charge in [-0.3, -0.25) is 4.90 Å². The number of allylic oxidation sites excluding steroid dienone is 1. The quantitative estimate of drug-likeness (QED) is 0.628. The molecule has 1 amide bonds. The number of hydrogen-bond donors (Lipinski definition) is 0. The van der Waals surface area contributed by atoms with Crippen LogP contribution in [-0.2, 0) is 4.74 Å². The number of amides is 1. The molecule has 0 saturated heterocycles. The van der Waals surface area contributed by atoms with Crippen molar-refractivity contribution in [1.82, 2.24) is 14.8 Å². The number of benzene rings is 1. The van der Waals surface area contributed by atoms with E-state index >= 15 is 0 Å². The van der Waals surface area contributed by atoms with Crippen LogP contribution in [0.15, 0.2) is 24.3 Å². The number of nitrogens with zero attached hydrogens (tertiary/aromatic N) is 3. The molecule has 2 heterocycles. The second-order valence-electron chi connectivity index (χ2n) is 10.0. The molecular formula is C24H33N3O2S. The van der Waals surface area contributed by atoms with Gasteiger partial charge in [-0.05, 0) is 72.2 Å². The van der Waals surface area contributed by atoms with E-state index in [0.717, 1.165) is 23.2 Å². The molecule has 0 N–H and O–H groups in total. The van der Waals surface area contributed by atoms with Crippen LogP contribution in [0.4, 0.5) is 4.79 Å². The normalized spacial score (nSPS) is 24.7. The van der Waals surface area contributed by atoms with Gasteiger partial charge >= 0.3 is 6.09 Å². The first kappa shape index (κ1) is 21.3. The molecule has 1 aliphatic carbocycles. The predicted molar refractivity (Wildman–Crippen MR) is 124 cm³/mol. The van der Waals surface area contributed by atoms with Crippen LogP contribution < -0.4 is 0 Å². The van der Waals surface area contributed by atoms with Crippen molar-refractivity contribution >= 4 is 33.3 Å². The van der Waals surface area contributed by atoms with E-state index in [1.165, 1.54) is 22.5 Å². The third kappa shape index (κ3) is 4.40. The molecule has 1 aromatic heterocycles. The van der Waals surface area contributed by atoms with Crippen molar-refractivity contribution in [2.45, 2.75) is 64.5 Å². The molecule has 0 unspecified atom stereocenters. The molecule has 1 atom stereocenters. The number of ether oxygens (including phenoxy) is 1. The van der Waals surface area contributed by atoms with Crippen LogP contribution in [-0.4, -0.2) is 53.2 Å². The lowest BCUT2D eigenvalue weighted by Gasteiger charge is -2.38. The van der Waals surface area contributed by atoms with Crippen LogP contribution in [0, 0.1) is 5.92 Å². The standard InChI is InChI=1S/C24H33N3O2S/c1-15-7-9-20(27(14-15)23(28)29-24(2,3)4)16-8-10-21-19(13-16)25-22(30-21)17-11-18(12-17)26(5)6/h8-10,13,15,17-18H,7,11-12,14H2,1-6H3/t15-,17?,18?/m0/s1. The van der Waals surface area contributed by atoms with E-state index in [4.69, 9.17) is 9.72 Å². The van der Waals surface area contributed by atoms with Gasteiger partial charge in [0.15, 0.2) is 0 Å². The van der Waals surface area contributed by atoms with Crippen molar-refractivity contribution in [1.29, 1.82) is 0 Å². The Hall–Kier alpha value is -1.92. The van der Waals surface area contributed by atoms with E-state index in [-0.39, 0.29) is 6.09 Å². The van der Waals surface area contributed by atoms with E-state index in [2.05, 4.69) is 50.2 Å². The topological polar surface area (TPSA) is 45.7 Å². The Morgan fingerprint density at radius 3 is 2.67 bits per heavy atom. The third-order valence-electron chi connectivity index (χ3n) is 6.01. The third-order valence-corrected chi connectivity index (χ3v) is 7.20. The Labute approximate surface area is 183 Å². The molecule has 6 heteroatoms. The highest BCUT2D eigenvalue weighted by Gasteiger charge is 2.34. The number of carbonyl (C=O) groups is 1. The van der Waals surface area contributed by atoms with E-state index in [9.17, 15) is 4.79 Å². The molecule has 5 nitrogen and oxygen atoms in total. The van der Waals surface area contributed by atoms with E-state index < -0.39 is 5.60 Å². The van der Waals surface area contributed by atoms with Gasteiger partial charge in [-0.1, -0.05) is 19.1 Å². The zero-order valence-electron chi connectivity index (χ0n) is 18.9. The van der Waals surface area contributed by atoms with Crippen molar-refractivity contribution in [3.05, 3.63) is 34.8 Å². The van der Waals surface area contributed by atoms with Crippen LogP contribution in [0.1, 0.15) is 63.4 Å². The molecule has 0 bridgehead atoms. The molecular weight excluding hydrogens is 394 g/mol. The maximum atomic E-state index is 12.9. The smallest absolute Gasteiger partial charge is 0.414 e. The fourth-order valence-corrected chi connectivity index (χ4v) is 5.24. The highest BCUT2D eigenvalue weighted by Crippen LogP contribution is 2.42. The zero-order chi connectivity index (χ0) is 21.6. The summed E-state index contributed by atoms with van der Waals surface area (Å²) in [6.07, 6.45) is 5.23. The van der Waals surface area contributed by atoms with Crippen molar-refractivity contribution < 1.29 is 9.53 Å². The summed E-state index contributed by atoms with van der Waals surface area (Å²) in [6.45, 7) is 8.57. The van der Waals surface area contributed by atoms with Crippen LogP contribution in [0.5, 0.6) is 0 Å². The molecule has 1 aliphatic heterocycles. The molecule has 30 heavy (non-hydrogen) atoms. The van der Waals surface area contributed by atoms with E-state index in [1.807, 2.05) is 32.1 Å². The Balaban J connectivity index is 1.59. The van der Waals surface area contributed by atoms with E-state index in [1.54, 1.807) is 4.90 Å². The minimum absolute atomic E-state index is 0.274. The van der Waals surface area contributed by atoms with Gasteiger partial charge in [0.25, 0.3) is 0 Å². The minimum Gasteiger partial charge on any atom is -0.443 e. The number of thiazole rings is 1. The first-order valence-corrected chi connectivity index (χ1v) is 11.7. The lowest BCUT2D eigenvalue weighted by atomic mass is 9.80. The first-order chi connectivity index (χ1) is 14.1. The second-order valence-corrected chi connectivity index (χ2v) is 11.1. The number of fused-ring (bicyclic) bond motifs is 1. The van der Waals surface area contributed by atoms with Crippen molar-refractivity contribution in [3.63, 3.8) is 0 Å². The number of aromatic nitrogens is 1. The summed E-state index contributed by atoms with van der Waals surface area (Å²) in [5.74, 6) is 0.991. The Morgan fingerprint density at radius 1 is 1.27 bits per heavy atom. The van der Waals surface area contributed by atoms with Crippen LogP contribution in [0.25, 0.3) is 15.9 Å². The monoisotopic (exact) mass is 427 g/mol. The molecule has 1 aromatic carbocycles. The van der Waals surface area contributed by atoms with Gasteiger partial charge in [0.2, 0.25) is 0 Å². The van der Waals surface area contributed by atoms with Gasteiger partial charge in [-0.2, -0.15) is 0 Å². The van der Waals surface area contributed by atoms with Crippen molar-refractivity contribution in [2.24, 2.45) is 5.92 Å². The molecule has 4 rings (SSSR count). The number of carbonyl (C=O) groups excluding carboxylic acids is 1. The molecule has 1 fully saturated rings. The summed E-state index contributed by atoms with van der Waals surface area (Å²) < 4.78 is 6.90. The van der Waals surface area contributed by atoms with Crippen molar-refractivity contribution in [2.75, 3.05) is 20.6 Å². The lowest BCUT2D eigenvalue weighted by Crippen LogP contribution is -2.39. The Kier molecular flexibility index (Phi) is 5.66. The average molecular weight is 428 g/mol. The molecule has 2 aromatic rings. The lowest BCUT2D eigenvalue weighted by molar-refractivity contribution is 0.0327. The van der Waals surface area contributed by atoms with Gasteiger partial charge in [0.1, 0.15) is 5.60 Å². The van der Waals surface area contributed by atoms with Crippen LogP contribution >= 0.6 is 11.3 Å². The first-order valence-electron chi connectivity index (χ1n) is 10.9. The maximum absolute atomic E-state index is 12.9. The summed E-state index contributed by atoms with van der Waals surface area (Å²) >= 11 is 1.81. The largest absolute Gasteiger partial charge is 0.443 e. The number of hydrogen-bond acceptors (Lipinski definition) is 5. The summed E-state index contributed by atoms with van der Waals surface area (Å²) in [4.78, 5) is 21.9. The zero-order valence-corrected chi connectivity index (χ0v) is 19.8. The number of rotatable bonds is 3. The van der Waals surface area contributed by atoms with Crippen molar-refractivity contribution in [3.8, 4) is 0 Å².